The van der Waals surface area contributed by atoms with Gasteiger partial charge in [0.05, 0.1) is 11.5 Å². The van der Waals surface area contributed by atoms with Crippen molar-refractivity contribution in [1.82, 2.24) is 10.1 Å². The van der Waals surface area contributed by atoms with Gasteiger partial charge >= 0.3 is 0 Å². The molecule has 8 heteroatoms. The van der Waals surface area contributed by atoms with Crippen LogP contribution in [0.5, 0.6) is 11.5 Å². The number of rotatable bonds is 5. The number of carbonyl (C=O) groups excluding carboxylic acids is 1. The molecule has 1 N–H and O–H groups in total. The van der Waals surface area contributed by atoms with Crippen molar-refractivity contribution >= 4 is 23.4 Å². The summed E-state index contributed by atoms with van der Waals surface area (Å²) in [7, 11) is 0. The van der Waals surface area contributed by atoms with Gasteiger partial charge in [-0.2, -0.15) is 4.98 Å². The summed E-state index contributed by atoms with van der Waals surface area (Å²) in [5, 5.41) is 6.60. The number of nitrogens with zero attached hydrogens (tertiary/aromatic N) is 2. The van der Waals surface area contributed by atoms with E-state index >= 15 is 0 Å². The van der Waals surface area contributed by atoms with Gasteiger partial charge in [-0.15, -0.1) is 11.8 Å². The minimum atomic E-state index is -0.0955. The average Bonchev–Trinajstić information content (AvgIpc) is 2.92. The molecule has 0 atom stereocenters. The van der Waals surface area contributed by atoms with E-state index in [2.05, 4.69) is 15.5 Å². The van der Waals surface area contributed by atoms with Gasteiger partial charge in [-0.25, -0.2) is 0 Å². The van der Waals surface area contributed by atoms with Gasteiger partial charge in [0.1, 0.15) is 13.2 Å². The van der Waals surface area contributed by atoms with Gasteiger partial charge < -0.3 is 19.3 Å². The second-order valence-corrected chi connectivity index (χ2v) is 5.61. The normalized spacial score (nSPS) is 13.0. The van der Waals surface area contributed by atoms with Crippen LogP contribution in [-0.4, -0.2) is 35.0 Å². The number of fused-ring (bicyclic) bond motifs is 1. The number of anilines is 1. The van der Waals surface area contributed by atoms with Crippen LogP contribution in [0.25, 0.3) is 0 Å². The molecule has 2 aromatic rings. The van der Waals surface area contributed by atoms with Crippen LogP contribution in [0.3, 0.4) is 0 Å². The van der Waals surface area contributed by atoms with Crippen molar-refractivity contribution in [3.05, 3.63) is 29.9 Å². The Labute approximate surface area is 131 Å². The fourth-order valence-corrected chi connectivity index (χ4v) is 2.61. The molecule has 0 radical (unpaired) electrons. The summed E-state index contributed by atoms with van der Waals surface area (Å²) in [5.41, 5.74) is 0.685. The lowest BCUT2D eigenvalue weighted by atomic mass is 10.2. The third kappa shape index (κ3) is 3.70. The van der Waals surface area contributed by atoms with Crippen LogP contribution in [0.15, 0.2) is 22.7 Å². The van der Waals surface area contributed by atoms with Crippen LogP contribution >= 0.6 is 11.8 Å². The number of amides is 1. The zero-order valence-corrected chi connectivity index (χ0v) is 12.8. The van der Waals surface area contributed by atoms with Gasteiger partial charge in [-0.3, -0.25) is 4.79 Å². The molecule has 0 spiro atoms. The molecule has 0 saturated carbocycles. The van der Waals surface area contributed by atoms with E-state index in [1.165, 1.54) is 11.8 Å². The summed E-state index contributed by atoms with van der Waals surface area (Å²) in [5.74, 6) is 3.21. The van der Waals surface area contributed by atoms with E-state index in [1.54, 1.807) is 25.1 Å². The second-order valence-electron chi connectivity index (χ2n) is 4.63. The topological polar surface area (TPSA) is 86.5 Å². The monoisotopic (exact) mass is 321 g/mol. The molecule has 0 bridgehead atoms. The lowest BCUT2D eigenvalue weighted by Crippen LogP contribution is -2.17. The predicted molar refractivity (Wildman–Crippen MR) is 81.3 cm³/mol. The van der Waals surface area contributed by atoms with E-state index in [4.69, 9.17) is 14.0 Å². The fraction of sp³-hybridized carbons (Fsp3) is 0.357. The molecule has 116 valence electrons. The van der Waals surface area contributed by atoms with Gasteiger partial charge in [-0.05, 0) is 12.1 Å². The lowest BCUT2D eigenvalue weighted by Gasteiger charge is -2.18. The third-order valence-corrected chi connectivity index (χ3v) is 3.79. The Morgan fingerprint density at radius 3 is 2.91 bits per heavy atom. The summed E-state index contributed by atoms with van der Waals surface area (Å²) in [6, 6.07) is 5.34. The molecule has 0 fully saturated rings. The Kier molecular flexibility index (Phi) is 4.47. The number of hydrogen-bond donors (Lipinski definition) is 1. The highest BCUT2D eigenvalue weighted by molar-refractivity contribution is 7.99. The Morgan fingerprint density at radius 1 is 1.32 bits per heavy atom. The van der Waals surface area contributed by atoms with Gasteiger partial charge in [0, 0.05) is 18.7 Å². The average molecular weight is 321 g/mol. The number of aromatic nitrogens is 2. The van der Waals surface area contributed by atoms with Crippen molar-refractivity contribution in [3.63, 3.8) is 0 Å². The van der Waals surface area contributed by atoms with Gasteiger partial charge in [0.2, 0.25) is 11.8 Å². The zero-order chi connectivity index (χ0) is 15.4. The molecule has 7 nitrogen and oxygen atoms in total. The van der Waals surface area contributed by atoms with Gasteiger partial charge in [-0.1, -0.05) is 5.16 Å². The first kappa shape index (κ1) is 14.7. The predicted octanol–water partition coefficient (Wildman–Crippen LogP) is 2.02. The van der Waals surface area contributed by atoms with Crippen LogP contribution in [0.1, 0.15) is 11.7 Å². The Balaban J connectivity index is 1.49. The number of thioether (sulfide) groups is 1. The molecule has 2 heterocycles. The summed E-state index contributed by atoms with van der Waals surface area (Å²) in [6.45, 7) is 2.80. The zero-order valence-electron chi connectivity index (χ0n) is 12.0. The van der Waals surface area contributed by atoms with Crippen LogP contribution in [-0.2, 0) is 10.5 Å². The van der Waals surface area contributed by atoms with Crippen LogP contribution in [0, 0.1) is 6.92 Å². The highest BCUT2D eigenvalue weighted by Crippen LogP contribution is 2.32. The van der Waals surface area contributed by atoms with E-state index in [0.717, 1.165) is 0 Å². The quantitative estimate of drug-likeness (QED) is 0.901. The smallest absolute Gasteiger partial charge is 0.234 e. The van der Waals surface area contributed by atoms with Crippen molar-refractivity contribution in [2.75, 3.05) is 24.3 Å². The molecule has 3 rings (SSSR count). The Morgan fingerprint density at radius 2 is 2.14 bits per heavy atom. The van der Waals surface area contributed by atoms with Crippen molar-refractivity contribution in [2.45, 2.75) is 12.7 Å². The third-order valence-electron chi connectivity index (χ3n) is 2.86. The number of benzene rings is 1. The largest absolute Gasteiger partial charge is 0.486 e. The van der Waals surface area contributed by atoms with Crippen LogP contribution < -0.4 is 14.8 Å². The molecule has 0 aliphatic carbocycles. The molecule has 0 unspecified atom stereocenters. The van der Waals surface area contributed by atoms with E-state index in [9.17, 15) is 4.79 Å². The molecular formula is C14H15N3O4S. The number of aryl methyl sites for hydroxylation is 1. The summed E-state index contributed by atoms with van der Waals surface area (Å²) < 4.78 is 15.8. The van der Waals surface area contributed by atoms with E-state index < -0.39 is 0 Å². The summed E-state index contributed by atoms with van der Waals surface area (Å²) in [6.07, 6.45) is 0. The van der Waals surface area contributed by atoms with E-state index in [1.807, 2.05) is 0 Å². The molecule has 1 aromatic carbocycles. The SMILES string of the molecule is Cc1nc(CSCC(=O)Nc2ccc3c(c2)OCCO3)no1. The minimum absolute atomic E-state index is 0.0955. The molecule has 1 aliphatic rings. The van der Waals surface area contributed by atoms with Crippen molar-refractivity contribution < 1.29 is 18.8 Å². The summed E-state index contributed by atoms with van der Waals surface area (Å²) >= 11 is 1.42. The number of nitrogens with one attached hydrogen (secondary N) is 1. The first-order valence-corrected chi connectivity index (χ1v) is 7.92. The van der Waals surface area contributed by atoms with Crippen molar-refractivity contribution in [3.8, 4) is 11.5 Å². The highest BCUT2D eigenvalue weighted by Gasteiger charge is 2.13. The van der Waals surface area contributed by atoms with Crippen LogP contribution in [0.4, 0.5) is 5.69 Å². The van der Waals surface area contributed by atoms with E-state index in [0.29, 0.717) is 53.6 Å². The number of carbonyl (C=O) groups is 1. The summed E-state index contributed by atoms with van der Waals surface area (Å²) in [4.78, 5) is 16.0. The standard InChI is InChI=1S/C14H15N3O4S/c1-9-15-13(17-21-9)7-22-8-14(18)16-10-2-3-11-12(6-10)20-5-4-19-11/h2-3,6H,4-5,7-8H2,1H3,(H,16,18). The number of hydrogen-bond acceptors (Lipinski definition) is 7. The lowest BCUT2D eigenvalue weighted by molar-refractivity contribution is -0.113. The minimum Gasteiger partial charge on any atom is -0.486 e. The molecule has 1 aliphatic heterocycles. The Hall–Kier alpha value is -2.22. The first-order chi connectivity index (χ1) is 10.7. The molecule has 1 aromatic heterocycles. The molecule has 0 saturated heterocycles. The maximum atomic E-state index is 11.9. The van der Waals surface area contributed by atoms with E-state index in [-0.39, 0.29) is 5.91 Å². The molecule has 22 heavy (non-hydrogen) atoms. The first-order valence-electron chi connectivity index (χ1n) is 6.77. The highest BCUT2D eigenvalue weighted by atomic mass is 32.2. The van der Waals surface area contributed by atoms with Crippen molar-refractivity contribution in [2.24, 2.45) is 0 Å². The maximum absolute atomic E-state index is 11.9. The Bertz CT molecular complexity index is 674. The maximum Gasteiger partial charge on any atom is 0.234 e. The second kappa shape index (κ2) is 6.69. The molecule has 1 amide bonds. The van der Waals surface area contributed by atoms with Gasteiger partial charge in [0.15, 0.2) is 17.3 Å². The molecular weight excluding hydrogens is 306 g/mol. The van der Waals surface area contributed by atoms with Gasteiger partial charge in [0.25, 0.3) is 0 Å². The number of ether oxygens (including phenoxy) is 2. The fourth-order valence-electron chi connectivity index (χ4n) is 1.95. The van der Waals surface area contributed by atoms with Crippen LogP contribution in [0.2, 0.25) is 0 Å². The van der Waals surface area contributed by atoms with Crippen molar-refractivity contribution in [1.29, 1.82) is 0 Å².